The van der Waals surface area contributed by atoms with Gasteiger partial charge in [0.2, 0.25) is 5.91 Å². The summed E-state index contributed by atoms with van der Waals surface area (Å²) in [7, 11) is 3.31. The van der Waals surface area contributed by atoms with Crippen LogP contribution >= 0.6 is 0 Å². The van der Waals surface area contributed by atoms with Crippen molar-refractivity contribution in [3.05, 3.63) is 42.0 Å². The van der Waals surface area contributed by atoms with Gasteiger partial charge in [-0.05, 0) is 30.7 Å². The number of rotatable bonds is 4. The minimum absolute atomic E-state index is 0.0907. The van der Waals surface area contributed by atoms with Crippen molar-refractivity contribution in [1.29, 1.82) is 0 Å². The number of urea groups is 1. The van der Waals surface area contributed by atoms with Crippen LogP contribution in [-0.4, -0.2) is 40.7 Å². The summed E-state index contributed by atoms with van der Waals surface area (Å²) in [5.74, 6) is -0.436. The lowest BCUT2D eigenvalue weighted by Gasteiger charge is -2.09. The number of likely N-dealkylation sites (N-methyl/N-ethyl adjacent to an activating group) is 1. The predicted octanol–water partition coefficient (Wildman–Crippen LogP) is 2.06. The van der Waals surface area contributed by atoms with Gasteiger partial charge in [-0.2, -0.15) is 5.10 Å². The third kappa shape index (κ3) is 4.53. The molecule has 0 fully saturated rings. The lowest BCUT2D eigenvalue weighted by atomic mass is 10.2. The Labute approximate surface area is 133 Å². The van der Waals surface area contributed by atoms with E-state index in [9.17, 15) is 14.0 Å². The van der Waals surface area contributed by atoms with Gasteiger partial charge < -0.3 is 15.5 Å². The van der Waals surface area contributed by atoms with Gasteiger partial charge in [-0.25, -0.2) is 9.18 Å². The van der Waals surface area contributed by atoms with Gasteiger partial charge in [-0.15, -0.1) is 0 Å². The summed E-state index contributed by atoms with van der Waals surface area (Å²) in [6.45, 7) is 1.71. The Morgan fingerprint density at radius 2 is 1.96 bits per heavy atom. The van der Waals surface area contributed by atoms with E-state index in [0.29, 0.717) is 16.9 Å². The number of benzene rings is 1. The number of halogens is 1. The zero-order chi connectivity index (χ0) is 17.0. The molecule has 8 heteroatoms. The first-order chi connectivity index (χ1) is 10.8. The van der Waals surface area contributed by atoms with E-state index in [4.69, 9.17) is 0 Å². The number of hydrogen-bond donors (Lipinski definition) is 2. The molecule has 0 saturated carbocycles. The Kier molecular flexibility index (Phi) is 4.95. The lowest BCUT2D eigenvalue weighted by Crippen LogP contribution is -2.26. The molecule has 0 aliphatic carbocycles. The highest BCUT2D eigenvalue weighted by atomic mass is 19.1. The molecule has 7 nitrogen and oxygen atoms in total. The first-order valence-electron chi connectivity index (χ1n) is 6.92. The minimum Gasteiger partial charge on any atom is -0.347 e. The van der Waals surface area contributed by atoms with Crippen molar-refractivity contribution in [3.8, 4) is 0 Å². The van der Waals surface area contributed by atoms with Gasteiger partial charge in [-0.1, -0.05) is 0 Å². The molecule has 0 spiro atoms. The van der Waals surface area contributed by atoms with Gasteiger partial charge in [0.25, 0.3) is 0 Å². The predicted molar refractivity (Wildman–Crippen MR) is 84.7 cm³/mol. The van der Waals surface area contributed by atoms with Gasteiger partial charge >= 0.3 is 6.03 Å². The van der Waals surface area contributed by atoms with Gasteiger partial charge in [0, 0.05) is 26.0 Å². The van der Waals surface area contributed by atoms with Crippen molar-refractivity contribution < 1.29 is 14.0 Å². The van der Waals surface area contributed by atoms with Gasteiger partial charge in [-0.3, -0.25) is 9.48 Å². The fourth-order valence-corrected chi connectivity index (χ4v) is 1.81. The van der Waals surface area contributed by atoms with E-state index >= 15 is 0 Å². The molecule has 2 rings (SSSR count). The van der Waals surface area contributed by atoms with Crippen LogP contribution in [0.3, 0.4) is 0 Å². The molecule has 122 valence electrons. The number of anilines is 2. The van der Waals surface area contributed by atoms with Crippen molar-refractivity contribution in [2.75, 3.05) is 24.7 Å². The van der Waals surface area contributed by atoms with Crippen LogP contribution in [0.4, 0.5) is 20.6 Å². The van der Waals surface area contributed by atoms with E-state index in [-0.39, 0.29) is 18.3 Å². The van der Waals surface area contributed by atoms with Crippen molar-refractivity contribution in [3.63, 3.8) is 0 Å². The average molecular weight is 319 g/mol. The summed E-state index contributed by atoms with van der Waals surface area (Å²) in [6, 6.07) is 3.82. The van der Waals surface area contributed by atoms with Crippen LogP contribution in [0.2, 0.25) is 0 Å². The number of carbonyl (C=O) groups is 2. The van der Waals surface area contributed by atoms with Crippen molar-refractivity contribution in [2.24, 2.45) is 0 Å². The molecule has 0 aliphatic rings. The Morgan fingerprint density at radius 1 is 1.26 bits per heavy atom. The first-order valence-corrected chi connectivity index (χ1v) is 6.92. The molecule has 0 atom stereocenters. The second-order valence-electron chi connectivity index (χ2n) is 5.26. The third-order valence-corrected chi connectivity index (χ3v) is 3.10. The van der Waals surface area contributed by atoms with Gasteiger partial charge in [0.15, 0.2) is 0 Å². The molecule has 2 N–H and O–H groups in total. The number of carbonyl (C=O) groups excluding carboxylic acids is 2. The summed E-state index contributed by atoms with van der Waals surface area (Å²) >= 11 is 0. The number of nitrogens with one attached hydrogen (secondary N) is 2. The molecule has 0 bridgehead atoms. The topological polar surface area (TPSA) is 79.3 Å². The molecule has 23 heavy (non-hydrogen) atoms. The highest BCUT2D eigenvalue weighted by Gasteiger charge is 2.09. The van der Waals surface area contributed by atoms with E-state index in [0.717, 1.165) is 0 Å². The fourth-order valence-electron chi connectivity index (χ4n) is 1.81. The zero-order valence-electron chi connectivity index (χ0n) is 13.1. The summed E-state index contributed by atoms with van der Waals surface area (Å²) in [5.41, 5.74) is 1.38. The van der Waals surface area contributed by atoms with Gasteiger partial charge in [0.05, 0.1) is 11.9 Å². The molecule has 0 unspecified atom stereocenters. The molecule has 0 radical (unpaired) electrons. The molecule has 1 aromatic carbocycles. The van der Waals surface area contributed by atoms with E-state index in [1.165, 1.54) is 34.0 Å². The fraction of sp³-hybridized carbons (Fsp3) is 0.267. The van der Waals surface area contributed by atoms with E-state index < -0.39 is 6.03 Å². The molecule has 1 heterocycles. The van der Waals surface area contributed by atoms with E-state index in [1.54, 1.807) is 27.2 Å². The Bertz CT molecular complexity index is 726. The number of nitrogens with zero attached hydrogens (tertiary/aromatic N) is 3. The van der Waals surface area contributed by atoms with E-state index in [2.05, 4.69) is 15.7 Å². The van der Waals surface area contributed by atoms with Crippen LogP contribution in [0.1, 0.15) is 5.56 Å². The van der Waals surface area contributed by atoms with Crippen LogP contribution in [0, 0.1) is 12.7 Å². The van der Waals surface area contributed by atoms with Crippen molar-refractivity contribution in [2.45, 2.75) is 13.5 Å². The van der Waals surface area contributed by atoms with Gasteiger partial charge in [0.1, 0.15) is 12.4 Å². The van der Waals surface area contributed by atoms with Crippen LogP contribution in [0.5, 0.6) is 0 Å². The van der Waals surface area contributed by atoms with Crippen LogP contribution in [0.25, 0.3) is 0 Å². The molecule has 2 aromatic rings. The SMILES string of the molecule is Cc1cc(NC(=O)Nc2cnn(CC(=O)N(C)C)c2)ccc1F. The second-order valence-corrected chi connectivity index (χ2v) is 5.26. The van der Waals surface area contributed by atoms with Crippen LogP contribution in [-0.2, 0) is 11.3 Å². The summed E-state index contributed by atoms with van der Waals surface area (Å²) in [5, 5.41) is 9.19. The smallest absolute Gasteiger partial charge is 0.323 e. The highest BCUT2D eigenvalue weighted by Crippen LogP contribution is 2.14. The zero-order valence-corrected chi connectivity index (χ0v) is 13.1. The number of aromatic nitrogens is 2. The quantitative estimate of drug-likeness (QED) is 0.905. The maximum atomic E-state index is 13.2. The third-order valence-electron chi connectivity index (χ3n) is 3.10. The molecule has 0 aliphatic heterocycles. The summed E-state index contributed by atoms with van der Waals surface area (Å²) in [4.78, 5) is 24.9. The first kappa shape index (κ1) is 16.5. The normalized spacial score (nSPS) is 10.3. The Morgan fingerprint density at radius 3 is 2.61 bits per heavy atom. The molecular formula is C15H18FN5O2. The lowest BCUT2D eigenvalue weighted by molar-refractivity contribution is -0.129. The molecule has 0 saturated heterocycles. The number of hydrogen-bond acceptors (Lipinski definition) is 3. The summed E-state index contributed by atoms with van der Waals surface area (Å²) < 4.78 is 14.6. The molecular weight excluding hydrogens is 301 g/mol. The van der Waals surface area contributed by atoms with Crippen molar-refractivity contribution >= 4 is 23.3 Å². The van der Waals surface area contributed by atoms with E-state index in [1.807, 2.05) is 0 Å². The largest absolute Gasteiger partial charge is 0.347 e. The number of aryl methyl sites for hydroxylation is 1. The number of amides is 3. The maximum Gasteiger partial charge on any atom is 0.323 e. The summed E-state index contributed by atoms with van der Waals surface area (Å²) in [6.07, 6.45) is 3.00. The standard InChI is InChI=1S/C15H18FN5O2/c1-10-6-11(4-5-13(10)16)18-15(23)19-12-7-17-21(8-12)9-14(22)20(2)3/h4-8H,9H2,1-3H3,(H2,18,19,23). The average Bonchev–Trinajstić information content (AvgIpc) is 2.89. The van der Waals surface area contributed by atoms with Crippen LogP contribution < -0.4 is 10.6 Å². The monoisotopic (exact) mass is 319 g/mol. The Balaban J connectivity index is 1.94. The highest BCUT2D eigenvalue weighted by molar-refractivity contribution is 5.99. The molecule has 3 amide bonds. The Hall–Kier alpha value is -2.90. The van der Waals surface area contributed by atoms with Crippen molar-refractivity contribution in [1.82, 2.24) is 14.7 Å². The minimum atomic E-state index is -0.477. The second kappa shape index (κ2) is 6.91. The maximum absolute atomic E-state index is 13.2. The molecule has 1 aromatic heterocycles. The van der Waals surface area contributed by atoms with Crippen LogP contribution in [0.15, 0.2) is 30.6 Å².